The summed E-state index contributed by atoms with van der Waals surface area (Å²) in [6.45, 7) is 0.271. The standard InChI is InChI=1S/C18H11Cl2NO2/c19-12-3-5-16-14(8-12)15(20)9-13(21-16)4-1-11-2-6-17-18(7-11)23-10-22-17/h1-9H,10H2/b4-1+. The van der Waals surface area contributed by atoms with Gasteiger partial charge in [-0.1, -0.05) is 35.3 Å². The van der Waals surface area contributed by atoms with Crippen LogP contribution >= 0.6 is 23.2 Å². The van der Waals surface area contributed by atoms with Gasteiger partial charge in [-0.3, -0.25) is 0 Å². The van der Waals surface area contributed by atoms with Gasteiger partial charge in [0.05, 0.1) is 16.2 Å². The van der Waals surface area contributed by atoms with Gasteiger partial charge in [0.25, 0.3) is 0 Å². The summed E-state index contributed by atoms with van der Waals surface area (Å²) in [6.07, 6.45) is 3.87. The Morgan fingerprint density at radius 3 is 2.70 bits per heavy atom. The lowest BCUT2D eigenvalue weighted by Gasteiger charge is -2.03. The van der Waals surface area contributed by atoms with Gasteiger partial charge in [0, 0.05) is 10.4 Å². The molecule has 0 fully saturated rings. The van der Waals surface area contributed by atoms with Gasteiger partial charge in [-0.15, -0.1) is 0 Å². The third-order valence-electron chi connectivity index (χ3n) is 3.58. The molecule has 0 amide bonds. The number of ether oxygens (including phenoxy) is 2. The second kappa shape index (κ2) is 5.76. The summed E-state index contributed by atoms with van der Waals surface area (Å²) in [6, 6.07) is 13.1. The monoisotopic (exact) mass is 343 g/mol. The van der Waals surface area contributed by atoms with Crippen LogP contribution in [-0.4, -0.2) is 11.8 Å². The maximum absolute atomic E-state index is 6.32. The molecule has 0 saturated heterocycles. The molecule has 0 radical (unpaired) electrons. The highest BCUT2D eigenvalue weighted by Crippen LogP contribution is 2.33. The molecule has 3 nitrogen and oxygen atoms in total. The van der Waals surface area contributed by atoms with E-state index in [9.17, 15) is 0 Å². The predicted molar refractivity (Wildman–Crippen MR) is 93.3 cm³/mol. The lowest BCUT2D eigenvalue weighted by Crippen LogP contribution is -1.92. The second-order valence-corrected chi connectivity index (χ2v) is 5.98. The van der Waals surface area contributed by atoms with E-state index in [1.165, 1.54) is 0 Å². The van der Waals surface area contributed by atoms with Gasteiger partial charge >= 0.3 is 0 Å². The highest BCUT2D eigenvalue weighted by Gasteiger charge is 2.12. The average Bonchev–Trinajstić information content (AvgIpc) is 3.01. The van der Waals surface area contributed by atoms with Crippen LogP contribution in [0.3, 0.4) is 0 Å². The Morgan fingerprint density at radius 2 is 1.78 bits per heavy atom. The lowest BCUT2D eigenvalue weighted by molar-refractivity contribution is 0.174. The molecule has 1 aliphatic rings. The van der Waals surface area contributed by atoms with E-state index in [0.29, 0.717) is 10.0 Å². The van der Waals surface area contributed by atoms with Crippen molar-refractivity contribution in [2.24, 2.45) is 0 Å². The first kappa shape index (κ1) is 14.4. The number of nitrogens with zero attached hydrogens (tertiary/aromatic N) is 1. The molecular formula is C18H11Cl2NO2. The normalized spacial score (nSPS) is 13.1. The van der Waals surface area contributed by atoms with Crippen LogP contribution < -0.4 is 9.47 Å². The second-order valence-electron chi connectivity index (χ2n) is 5.14. The van der Waals surface area contributed by atoms with Gasteiger partial charge in [0.2, 0.25) is 6.79 Å². The molecule has 4 rings (SSSR count). The number of hydrogen-bond donors (Lipinski definition) is 0. The summed E-state index contributed by atoms with van der Waals surface area (Å²) in [5, 5.41) is 2.12. The molecule has 0 aliphatic carbocycles. The van der Waals surface area contributed by atoms with Crippen LogP contribution in [0, 0.1) is 0 Å². The van der Waals surface area contributed by atoms with Gasteiger partial charge in [0.15, 0.2) is 11.5 Å². The highest BCUT2D eigenvalue weighted by atomic mass is 35.5. The Balaban J connectivity index is 1.68. The van der Waals surface area contributed by atoms with Crippen molar-refractivity contribution in [3.8, 4) is 11.5 Å². The number of halogens is 2. The molecule has 0 unspecified atom stereocenters. The number of benzene rings is 2. The van der Waals surface area contributed by atoms with E-state index in [1.54, 1.807) is 6.07 Å². The van der Waals surface area contributed by atoms with Crippen molar-refractivity contribution in [3.63, 3.8) is 0 Å². The van der Waals surface area contributed by atoms with Crippen molar-refractivity contribution in [3.05, 3.63) is 63.8 Å². The van der Waals surface area contributed by atoms with E-state index in [2.05, 4.69) is 4.98 Å². The van der Waals surface area contributed by atoms with Gasteiger partial charge in [0.1, 0.15) is 0 Å². The Bertz CT molecular complexity index is 938. The first-order chi connectivity index (χ1) is 11.2. The van der Waals surface area contributed by atoms with Crippen LogP contribution in [0.25, 0.3) is 23.1 Å². The topological polar surface area (TPSA) is 31.4 Å². The van der Waals surface area contributed by atoms with E-state index in [4.69, 9.17) is 32.7 Å². The lowest BCUT2D eigenvalue weighted by atomic mass is 10.1. The third kappa shape index (κ3) is 2.85. The number of pyridine rings is 1. The van der Waals surface area contributed by atoms with E-state index in [-0.39, 0.29) is 6.79 Å². The number of aromatic nitrogens is 1. The van der Waals surface area contributed by atoms with E-state index < -0.39 is 0 Å². The highest BCUT2D eigenvalue weighted by molar-refractivity contribution is 6.36. The third-order valence-corrected chi connectivity index (χ3v) is 4.13. The Labute approximate surface area is 143 Å². The molecule has 0 N–H and O–H groups in total. The average molecular weight is 344 g/mol. The van der Waals surface area contributed by atoms with E-state index >= 15 is 0 Å². The smallest absolute Gasteiger partial charge is 0.231 e. The Kier molecular flexibility index (Phi) is 3.60. The zero-order chi connectivity index (χ0) is 15.8. The first-order valence-electron chi connectivity index (χ1n) is 7.02. The summed E-state index contributed by atoms with van der Waals surface area (Å²) < 4.78 is 10.7. The zero-order valence-corrected chi connectivity index (χ0v) is 13.4. The van der Waals surface area contributed by atoms with Crippen molar-refractivity contribution in [2.45, 2.75) is 0 Å². The fourth-order valence-corrected chi connectivity index (χ4v) is 2.90. The molecule has 5 heteroatoms. The summed E-state index contributed by atoms with van der Waals surface area (Å²) in [5.74, 6) is 1.53. The molecular weight excluding hydrogens is 333 g/mol. The van der Waals surface area contributed by atoms with Crippen molar-refractivity contribution in [2.75, 3.05) is 6.79 Å². The maximum atomic E-state index is 6.32. The van der Waals surface area contributed by atoms with Crippen LogP contribution in [0.15, 0.2) is 42.5 Å². The fourth-order valence-electron chi connectivity index (χ4n) is 2.46. The van der Waals surface area contributed by atoms with Crippen LogP contribution in [0.5, 0.6) is 11.5 Å². The SMILES string of the molecule is Clc1ccc2nc(/C=C/c3ccc4c(c3)OCO4)cc(Cl)c2c1. The van der Waals surface area contributed by atoms with Crippen molar-refractivity contribution in [1.29, 1.82) is 0 Å². The van der Waals surface area contributed by atoms with Gasteiger partial charge in [-0.25, -0.2) is 4.98 Å². The van der Waals surface area contributed by atoms with Crippen molar-refractivity contribution >= 4 is 46.3 Å². The minimum Gasteiger partial charge on any atom is -0.454 e. The van der Waals surface area contributed by atoms with Gasteiger partial charge in [-0.05, 0) is 48.0 Å². The van der Waals surface area contributed by atoms with Crippen LogP contribution in [0.2, 0.25) is 10.0 Å². The fraction of sp³-hybridized carbons (Fsp3) is 0.0556. The molecule has 114 valence electrons. The van der Waals surface area contributed by atoms with Crippen molar-refractivity contribution in [1.82, 2.24) is 4.98 Å². The Morgan fingerprint density at radius 1 is 0.913 bits per heavy atom. The summed E-state index contributed by atoms with van der Waals surface area (Å²) in [5.41, 5.74) is 2.60. The maximum Gasteiger partial charge on any atom is 0.231 e. The molecule has 1 aliphatic heterocycles. The van der Waals surface area contributed by atoms with E-state index in [0.717, 1.165) is 33.7 Å². The quantitative estimate of drug-likeness (QED) is 0.620. The molecule has 0 bridgehead atoms. The van der Waals surface area contributed by atoms with Crippen LogP contribution in [0.1, 0.15) is 11.3 Å². The Hall–Kier alpha value is -2.23. The first-order valence-corrected chi connectivity index (χ1v) is 7.78. The van der Waals surface area contributed by atoms with Crippen molar-refractivity contribution < 1.29 is 9.47 Å². The minimum atomic E-state index is 0.271. The summed E-state index contributed by atoms with van der Waals surface area (Å²) >= 11 is 12.3. The van der Waals surface area contributed by atoms with Crippen LogP contribution in [-0.2, 0) is 0 Å². The number of fused-ring (bicyclic) bond motifs is 2. The predicted octanol–water partition coefficient (Wildman–Crippen LogP) is 5.44. The number of rotatable bonds is 2. The van der Waals surface area contributed by atoms with Gasteiger partial charge in [-0.2, -0.15) is 0 Å². The summed E-state index contributed by atoms with van der Waals surface area (Å²) in [7, 11) is 0. The minimum absolute atomic E-state index is 0.271. The zero-order valence-electron chi connectivity index (χ0n) is 11.9. The van der Waals surface area contributed by atoms with Gasteiger partial charge < -0.3 is 9.47 Å². The van der Waals surface area contributed by atoms with E-state index in [1.807, 2.05) is 48.6 Å². The molecule has 0 saturated carbocycles. The molecule has 2 heterocycles. The van der Waals surface area contributed by atoms with Crippen LogP contribution in [0.4, 0.5) is 0 Å². The molecule has 23 heavy (non-hydrogen) atoms. The molecule has 3 aromatic rings. The number of hydrogen-bond acceptors (Lipinski definition) is 3. The molecule has 2 aromatic carbocycles. The largest absolute Gasteiger partial charge is 0.454 e. The molecule has 1 aromatic heterocycles. The summed E-state index contributed by atoms with van der Waals surface area (Å²) in [4.78, 5) is 4.58. The molecule has 0 spiro atoms. The molecule has 0 atom stereocenters.